The Morgan fingerprint density at radius 1 is 1.57 bits per heavy atom. The van der Waals surface area contributed by atoms with Gasteiger partial charge in [0.1, 0.15) is 0 Å². The van der Waals surface area contributed by atoms with Gasteiger partial charge < -0.3 is 0 Å². The molecule has 0 aromatic carbocycles. The molecule has 7 heavy (non-hydrogen) atoms. The van der Waals surface area contributed by atoms with Gasteiger partial charge in [0.05, 0.1) is 0 Å². The topological polar surface area (TPSA) is 37.1 Å². The molecule has 0 aliphatic heterocycles. The van der Waals surface area contributed by atoms with Crippen molar-refractivity contribution in [2.75, 3.05) is 0 Å². The molecule has 0 N–H and O–H groups in total. The zero-order valence-corrected chi connectivity index (χ0v) is 4.20. The zero-order valence-electron chi connectivity index (χ0n) is 4.20. The number of hydrogen-bond acceptors (Lipinski definition) is 2. The van der Waals surface area contributed by atoms with E-state index in [0.29, 0.717) is 0 Å². The third kappa shape index (κ3) is 5.01. The first-order valence-corrected chi connectivity index (χ1v) is 1.89. The van der Waals surface area contributed by atoms with E-state index in [0.717, 1.165) is 0 Å². The first kappa shape index (κ1) is 6.01. The molecule has 0 bridgehead atoms. The SMILES string of the molecule is C=NN=N/C=C\C. The van der Waals surface area contributed by atoms with Gasteiger partial charge in [0.2, 0.25) is 0 Å². The van der Waals surface area contributed by atoms with Gasteiger partial charge in [0.15, 0.2) is 0 Å². The van der Waals surface area contributed by atoms with Gasteiger partial charge in [-0.15, -0.1) is 10.2 Å². The summed E-state index contributed by atoms with van der Waals surface area (Å²) in [5.41, 5.74) is 0. The molecule has 0 spiro atoms. The van der Waals surface area contributed by atoms with Crippen molar-refractivity contribution in [1.82, 2.24) is 0 Å². The van der Waals surface area contributed by atoms with Gasteiger partial charge >= 0.3 is 0 Å². The van der Waals surface area contributed by atoms with Gasteiger partial charge in [-0.2, -0.15) is 0 Å². The molecule has 0 heterocycles. The first-order chi connectivity index (χ1) is 3.41. The van der Waals surface area contributed by atoms with Crippen LogP contribution in [-0.2, 0) is 0 Å². The third-order valence-electron chi connectivity index (χ3n) is 0.331. The molecule has 0 fully saturated rings. The average Bonchev–Trinajstić information content (AvgIpc) is 1.69. The van der Waals surface area contributed by atoms with Crippen LogP contribution >= 0.6 is 0 Å². The van der Waals surface area contributed by atoms with Gasteiger partial charge in [-0.05, 0) is 12.1 Å². The van der Waals surface area contributed by atoms with Crippen molar-refractivity contribution in [1.29, 1.82) is 0 Å². The van der Waals surface area contributed by atoms with Crippen molar-refractivity contribution in [2.45, 2.75) is 6.92 Å². The molecule has 0 aromatic heterocycles. The summed E-state index contributed by atoms with van der Waals surface area (Å²) in [6.07, 6.45) is 3.30. The van der Waals surface area contributed by atoms with Gasteiger partial charge in [-0.3, -0.25) is 0 Å². The lowest BCUT2D eigenvalue weighted by atomic mass is 10.7. The van der Waals surface area contributed by atoms with Gasteiger partial charge in [-0.25, -0.2) is 0 Å². The fourth-order valence-corrected chi connectivity index (χ4v) is 0.133. The first-order valence-electron chi connectivity index (χ1n) is 1.89. The standard InChI is InChI=1S/C4H7N3/c1-3-4-6-7-5-2/h3-4H,2H2,1H3/b4-3-,7-6?. The second kappa shape index (κ2) is 5.01. The maximum absolute atomic E-state index is 3.42. The van der Waals surface area contributed by atoms with Crippen molar-refractivity contribution >= 4 is 6.72 Å². The summed E-state index contributed by atoms with van der Waals surface area (Å²) in [6, 6.07) is 0. The van der Waals surface area contributed by atoms with E-state index in [1.165, 1.54) is 6.20 Å². The van der Waals surface area contributed by atoms with Crippen molar-refractivity contribution in [3.8, 4) is 0 Å². The van der Waals surface area contributed by atoms with E-state index >= 15 is 0 Å². The normalized spacial score (nSPS) is 11.0. The molecule has 0 amide bonds. The van der Waals surface area contributed by atoms with Gasteiger partial charge in [0.25, 0.3) is 0 Å². The van der Waals surface area contributed by atoms with E-state index in [1.807, 2.05) is 6.92 Å². The fourth-order valence-electron chi connectivity index (χ4n) is 0.133. The summed E-state index contributed by atoms with van der Waals surface area (Å²) in [7, 11) is 0. The molecule has 3 nitrogen and oxygen atoms in total. The Balaban J connectivity index is 3.27. The van der Waals surface area contributed by atoms with Crippen molar-refractivity contribution in [3.63, 3.8) is 0 Å². The minimum atomic E-state index is 1.54. The maximum atomic E-state index is 3.42. The Hall–Kier alpha value is -0.990. The highest BCUT2D eigenvalue weighted by molar-refractivity contribution is 5.22. The quantitative estimate of drug-likeness (QED) is 0.285. The summed E-state index contributed by atoms with van der Waals surface area (Å²) in [5, 5.41) is 9.77. The van der Waals surface area contributed by atoms with Crippen LogP contribution < -0.4 is 0 Å². The van der Waals surface area contributed by atoms with Crippen molar-refractivity contribution in [3.05, 3.63) is 12.3 Å². The smallest absolute Gasteiger partial charge is 0.0471 e. The third-order valence-corrected chi connectivity index (χ3v) is 0.331. The van der Waals surface area contributed by atoms with Crippen LogP contribution in [0.5, 0.6) is 0 Å². The van der Waals surface area contributed by atoms with E-state index in [9.17, 15) is 0 Å². The highest BCUT2D eigenvalue weighted by Gasteiger charge is 1.53. The molecule has 38 valence electrons. The van der Waals surface area contributed by atoms with Crippen LogP contribution in [0.15, 0.2) is 27.7 Å². The van der Waals surface area contributed by atoms with E-state index in [4.69, 9.17) is 0 Å². The molecule has 0 aromatic rings. The molecular formula is C4H7N3. The van der Waals surface area contributed by atoms with Crippen molar-refractivity contribution in [2.24, 2.45) is 15.4 Å². The summed E-state index contributed by atoms with van der Waals surface area (Å²) >= 11 is 0. The highest BCUT2D eigenvalue weighted by atomic mass is 15.3. The predicted octanol–water partition coefficient (Wildman–Crippen LogP) is 1.59. The van der Waals surface area contributed by atoms with Crippen LogP contribution in [0.2, 0.25) is 0 Å². The molecule has 0 rings (SSSR count). The second-order valence-electron chi connectivity index (χ2n) is 0.829. The largest absolute Gasteiger partial charge is 0.147 e. The van der Waals surface area contributed by atoms with Gasteiger partial charge in [-0.1, -0.05) is 6.08 Å². The lowest BCUT2D eigenvalue weighted by molar-refractivity contribution is 1.07. The lowest BCUT2D eigenvalue weighted by Gasteiger charge is -1.65. The molecule has 0 saturated carbocycles. The predicted molar refractivity (Wildman–Crippen MR) is 29.2 cm³/mol. The van der Waals surface area contributed by atoms with E-state index in [1.54, 1.807) is 6.08 Å². The Kier molecular flexibility index (Phi) is 4.30. The number of allylic oxidation sites excluding steroid dienone is 1. The molecule has 0 aliphatic rings. The van der Waals surface area contributed by atoms with E-state index in [2.05, 4.69) is 22.2 Å². The monoisotopic (exact) mass is 97.1 g/mol. The minimum Gasteiger partial charge on any atom is -0.147 e. The molecule has 0 atom stereocenters. The fraction of sp³-hybridized carbons (Fsp3) is 0.250. The molecule has 3 heteroatoms. The van der Waals surface area contributed by atoms with Crippen LogP contribution in [0.1, 0.15) is 6.92 Å². The summed E-state index contributed by atoms with van der Waals surface area (Å²) < 4.78 is 0. The Morgan fingerprint density at radius 2 is 2.29 bits per heavy atom. The Bertz CT molecular complexity index is 93.1. The summed E-state index contributed by atoms with van der Waals surface area (Å²) in [6.45, 7) is 4.94. The number of nitrogens with zero attached hydrogens (tertiary/aromatic N) is 3. The van der Waals surface area contributed by atoms with E-state index < -0.39 is 0 Å². The molecular weight excluding hydrogens is 90.1 g/mol. The van der Waals surface area contributed by atoms with Crippen LogP contribution in [0, 0.1) is 0 Å². The maximum Gasteiger partial charge on any atom is 0.0471 e. The van der Waals surface area contributed by atoms with Crippen LogP contribution in [0.25, 0.3) is 0 Å². The summed E-state index contributed by atoms with van der Waals surface area (Å²) in [5.74, 6) is 0. The molecule has 0 unspecified atom stereocenters. The Labute approximate surface area is 42.5 Å². The van der Waals surface area contributed by atoms with Crippen LogP contribution in [-0.4, -0.2) is 6.72 Å². The lowest BCUT2D eigenvalue weighted by Crippen LogP contribution is -1.43. The molecule has 0 aliphatic carbocycles. The second-order valence-corrected chi connectivity index (χ2v) is 0.829. The minimum absolute atomic E-state index is 1.54. The average molecular weight is 97.1 g/mol. The summed E-state index contributed by atoms with van der Waals surface area (Å²) in [4.78, 5) is 0. The zero-order chi connectivity index (χ0) is 5.54. The van der Waals surface area contributed by atoms with E-state index in [-0.39, 0.29) is 0 Å². The van der Waals surface area contributed by atoms with Crippen LogP contribution in [0.4, 0.5) is 0 Å². The highest BCUT2D eigenvalue weighted by Crippen LogP contribution is 1.75. The Morgan fingerprint density at radius 3 is 2.71 bits per heavy atom. The van der Waals surface area contributed by atoms with Crippen LogP contribution in [0.3, 0.4) is 0 Å². The van der Waals surface area contributed by atoms with Gasteiger partial charge in [0, 0.05) is 12.9 Å². The molecule has 0 saturated heterocycles. The number of hydrogen-bond donors (Lipinski definition) is 0. The molecule has 0 radical (unpaired) electrons. The van der Waals surface area contributed by atoms with Crippen molar-refractivity contribution < 1.29 is 0 Å². The number of rotatable bonds is 2.